The first-order valence-electron chi connectivity index (χ1n) is 16.4. The van der Waals surface area contributed by atoms with Crippen molar-refractivity contribution in [3.8, 4) is 12.1 Å². The number of rotatable bonds is 15. The zero-order valence-electron chi connectivity index (χ0n) is 28.4. The number of piperazine rings is 1. The maximum absolute atomic E-state index is 16.9. The summed E-state index contributed by atoms with van der Waals surface area (Å²) in [5.74, 6) is -2.84. The molecule has 2 heterocycles. The van der Waals surface area contributed by atoms with E-state index >= 15 is 4.39 Å². The monoisotopic (exact) mass is 695 g/mol. The lowest BCUT2D eigenvalue weighted by molar-refractivity contribution is -0.131. The van der Waals surface area contributed by atoms with E-state index in [1.54, 1.807) is 18.1 Å². The molecule has 1 saturated heterocycles. The normalized spacial score (nSPS) is 18.3. The van der Waals surface area contributed by atoms with Gasteiger partial charge in [0.25, 0.3) is 5.91 Å². The van der Waals surface area contributed by atoms with Crippen LogP contribution in [0.25, 0.3) is 18.5 Å². The number of fused-ring (bicyclic) bond motifs is 1. The number of amides is 1. The van der Waals surface area contributed by atoms with Gasteiger partial charge in [0, 0.05) is 63.0 Å². The Labute approximate surface area is 291 Å². The molecule has 0 bridgehead atoms. The van der Waals surface area contributed by atoms with Gasteiger partial charge >= 0.3 is 6.01 Å². The number of halogens is 3. The molecule has 1 fully saturated rings. The summed E-state index contributed by atoms with van der Waals surface area (Å²) in [5.41, 5.74) is 1.82. The van der Waals surface area contributed by atoms with E-state index in [4.69, 9.17) is 21.1 Å². The van der Waals surface area contributed by atoms with Crippen molar-refractivity contribution in [1.82, 2.24) is 19.8 Å². The molecule has 0 radical (unpaired) electrons. The molecule has 1 aromatic heterocycles. The van der Waals surface area contributed by atoms with Gasteiger partial charge in [0.2, 0.25) is 0 Å². The first kappa shape index (κ1) is 37.6. The Morgan fingerprint density at radius 2 is 2.02 bits per heavy atom. The summed E-state index contributed by atoms with van der Waals surface area (Å²) in [6.07, 6.45) is 6.01. The molecule has 0 unspecified atom stereocenters. The molecule has 1 aliphatic heterocycles. The zero-order valence-corrected chi connectivity index (χ0v) is 29.2. The van der Waals surface area contributed by atoms with Crippen molar-refractivity contribution in [2.45, 2.75) is 44.6 Å². The van der Waals surface area contributed by atoms with Crippen LogP contribution in [-0.4, -0.2) is 104 Å². The number of hydrogen-bond donors (Lipinski definition) is 0. The molecular formula is C36H44ClF2N7O3. The van der Waals surface area contributed by atoms with Crippen molar-refractivity contribution in [3.05, 3.63) is 63.4 Å². The number of hydrogen-bond acceptors (Lipinski definition) is 9. The van der Waals surface area contributed by atoms with Gasteiger partial charge in [0.15, 0.2) is 11.7 Å². The van der Waals surface area contributed by atoms with E-state index in [-0.39, 0.29) is 60.8 Å². The van der Waals surface area contributed by atoms with Crippen LogP contribution in [0.15, 0.2) is 41.7 Å². The lowest BCUT2D eigenvalue weighted by Gasteiger charge is -2.41. The van der Waals surface area contributed by atoms with Gasteiger partial charge in [-0.3, -0.25) is 9.79 Å². The molecule has 10 nitrogen and oxygen atoms in total. The Kier molecular flexibility index (Phi) is 13.8. The summed E-state index contributed by atoms with van der Waals surface area (Å²) in [7, 11) is 3.20. The van der Waals surface area contributed by atoms with E-state index < -0.39 is 29.5 Å². The van der Waals surface area contributed by atoms with Crippen LogP contribution in [0.5, 0.6) is 6.01 Å². The van der Waals surface area contributed by atoms with Crippen LogP contribution < -0.4 is 20.2 Å². The number of aromatic nitrogens is 2. The van der Waals surface area contributed by atoms with Crippen molar-refractivity contribution in [2.75, 3.05) is 71.5 Å². The lowest BCUT2D eigenvalue weighted by atomic mass is 9.83. The lowest BCUT2D eigenvalue weighted by Crippen LogP contribution is -2.57. The molecule has 2 aromatic rings. The highest BCUT2D eigenvalue weighted by Gasteiger charge is 2.33. The van der Waals surface area contributed by atoms with Gasteiger partial charge in [0.05, 0.1) is 37.5 Å². The molecule has 0 N–H and O–H groups in total. The number of aliphatic imine (C=N–C) groups is 1. The molecule has 4 rings (SSSR count). The predicted octanol–water partition coefficient (Wildman–Crippen LogP) is 4.43. The van der Waals surface area contributed by atoms with Crippen LogP contribution in [0.4, 0.5) is 14.6 Å². The van der Waals surface area contributed by atoms with Crippen molar-refractivity contribution in [1.29, 1.82) is 5.26 Å². The second-order valence-electron chi connectivity index (χ2n) is 11.9. The van der Waals surface area contributed by atoms with Crippen molar-refractivity contribution in [3.63, 3.8) is 0 Å². The molecule has 49 heavy (non-hydrogen) atoms. The highest BCUT2D eigenvalue weighted by Crippen LogP contribution is 2.37. The van der Waals surface area contributed by atoms with Crippen LogP contribution in [0.1, 0.15) is 49.7 Å². The van der Waals surface area contributed by atoms with Gasteiger partial charge < -0.3 is 24.2 Å². The van der Waals surface area contributed by atoms with E-state index in [0.717, 1.165) is 37.2 Å². The highest BCUT2D eigenvalue weighted by atomic mass is 35.5. The fourth-order valence-electron chi connectivity index (χ4n) is 6.33. The molecule has 1 amide bonds. The molecular weight excluding hydrogens is 652 g/mol. The van der Waals surface area contributed by atoms with E-state index in [0.29, 0.717) is 24.5 Å². The van der Waals surface area contributed by atoms with Gasteiger partial charge in [0.1, 0.15) is 11.2 Å². The summed E-state index contributed by atoms with van der Waals surface area (Å²) in [4.78, 5) is 31.5. The SMILES string of the molecule is C=C(F)C(=O)N1CCN(c2nc(OCCCN(CCC)CCOC)n/c(=C(\F)C(=NC)[C@@H]3CC=Cc4cccc(Cl)c43)c2=C)C[C@@H]1CC#N. The summed E-state index contributed by atoms with van der Waals surface area (Å²) in [6.45, 7) is 13.2. The number of carbonyl (C=O) groups excluding carboxylic acids is 1. The number of allylic oxidation sites excluding steroid dienone is 1. The first-order valence-corrected chi connectivity index (χ1v) is 16.8. The molecule has 2 atom stereocenters. The summed E-state index contributed by atoms with van der Waals surface area (Å²) < 4.78 is 42.0. The molecule has 1 aromatic carbocycles. The Hall–Kier alpha value is -4.18. The molecule has 0 spiro atoms. The van der Waals surface area contributed by atoms with Gasteiger partial charge in [-0.1, -0.05) is 56.0 Å². The first-order chi connectivity index (χ1) is 23.6. The number of methoxy groups -OCH3 is 1. The number of benzene rings is 1. The van der Waals surface area contributed by atoms with Gasteiger partial charge in [-0.25, -0.2) is 8.78 Å². The zero-order chi connectivity index (χ0) is 35.5. The third-order valence-corrected chi connectivity index (χ3v) is 9.01. The Balaban J connectivity index is 1.74. The van der Waals surface area contributed by atoms with Gasteiger partial charge in [-0.2, -0.15) is 15.2 Å². The van der Waals surface area contributed by atoms with Crippen LogP contribution in [0.2, 0.25) is 5.02 Å². The fourth-order valence-corrected chi connectivity index (χ4v) is 6.64. The third-order valence-electron chi connectivity index (χ3n) is 8.68. The number of carbonyl (C=O) groups is 1. The Morgan fingerprint density at radius 3 is 2.71 bits per heavy atom. The maximum atomic E-state index is 16.9. The second kappa shape index (κ2) is 18.0. The van der Waals surface area contributed by atoms with Crippen LogP contribution in [0, 0.1) is 11.3 Å². The van der Waals surface area contributed by atoms with Gasteiger partial charge in [-0.15, -0.1) is 0 Å². The van der Waals surface area contributed by atoms with Gasteiger partial charge in [-0.05, 0) is 43.0 Å². The number of nitrogens with zero attached hydrogens (tertiary/aromatic N) is 7. The van der Waals surface area contributed by atoms with Crippen molar-refractivity contribution < 1.29 is 23.0 Å². The quantitative estimate of drug-likeness (QED) is 0.153. The number of ether oxygens (including phenoxy) is 2. The minimum absolute atomic E-state index is 0.0450. The molecule has 1 aliphatic carbocycles. The minimum Gasteiger partial charge on any atom is -0.463 e. The number of anilines is 1. The summed E-state index contributed by atoms with van der Waals surface area (Å²) in [5, 5.41) is 10.1. The average Bonchev–Trinajstić information content (AvgIpc) is 3.09. The standard InChI is InChI=1S/C36H44ClF2N7O3/c1-6-16-44(20-22-48-5)17-9-21-49-36-42-32(31(39)33(41-4)28-12-7-10-26-11-8-13-29(37)30(26)28)24(2)34(43-36)45-18-19-46(35(47)25(3)38)27(23-45)14-15-40/h7-8,10-11,13,27-28H,2-3,6,9,12,14,16-23H2,1,4-5H3/b32-31-,41-33?/t27-,28+/m0/s1. The Morgan fingerprint density at radius 1 is 1.22 bits per heavy atom. The predicted molar refractivity (Wildman–Crippen MR) is 189 cm³/mol. The third kappa shape index (κ3) is 9.09. The van der Waals surface area contributed by atoms with Crippen LogP contribution >= 0.6 is 11.6 Å². The van der Waals surface area contributed by atoms with E-state index in [2.05, 4.69) is 46.0 Å². The topological polar surface area (TPSA) is 107 Å². The van der Waals surface area contributed by atoms with Crippen molar-refractivity contribution in [2.24, 2.45) is 4.99 Å². The summed E-state index contributed by atoms with van der Waals surface area (Å²) in [6, 6.07) is 6.91. The van der Waals surface area contributed by atoms with Crippen LogP contribution in [0.3, 0.4) is 0 Å². The van der Waals surface area contributed by atoms with Crippen molar-refractivity contribution >= 4 is 47.5 Å². The van der Waals surface area contributed by atoms with E-state index in [1.165, 1.54) is 11.9 Å². The molecule has 13 heteroatoms. The summed E-state index contributed by atoms with van der Waals surface area (Å²) >= 11 is 6.63. The fraction of sp³-hybridized carbons (Fsp3) is 0.472. The molecule has 262 valence electrons. The highest BCUT2D eigenvalue weighted by molar-refractivity contribution is 6.32. The van der Waals surface area contributed by atoms with Crippen LogP contribution in [-0.2, 0) is 9.53 Å². The maximum Gasteiger partial charge on any atom is 0.319 e. The Bertz CT molecular complexity index is 1730. The largest absolute Gasteiger partial charge is 0.463 e. The smallest absolute Gasteiger partial charge is 0.319 e. The second-order valence-corrected chi connectivity index (χ2v) is 12.3. The minimum atomic E-state index is -1.10. The average molecular weight is 696 g/mol. The van der Waals surface area contributed by atoms with E-state index in [9.17, 15) is 14.4 Å². The van der Waals surface area contributed by atoms with E-state index in [1.807, 2.05) is 24.3 Å². The molecule has 0 saturated carbocycles. The number of nitriles is 1. The molecule has 2 aliphatic rings.